The van der Waals surface area contributed by atoms with E-state index in [1.165, 1.54) is 38.4 Å². The summed E-state index contributed by atoms with van der Waals surface area (Å²) >= 11 is 0. The van der Waals surface area contributed by atoms with Crippen molar-refractivity contribution < 1.29 is 0 Å². The molecule has 3 rings (SSSR count). The molecule has 0 spiro atoms. The van der Waals surface area contributed by atoms with Crippen molar-refractivity contribution in [2.24, 2.45) is 0 Å². The zero-order valence-electron chi connectivity index (χ0n) is 15.5. The fraction of sp³-hybridized carbons (Fsp3) is 0.0400. The number of benzene rings is 3. The molecule has 0 nitrogen and oxygen atoms in total. The molecule has 0 saturated carbocycles. The van der Waals surface area contributed by atoms with Gasteiger partial charge in [-0.1, -0.05) is 97.6 Å². The first-order chi connectivity index (χ1) is 13.1. The van der Waals surface area contributed by atoms with Crippen molar-refractivity contribution in [3.05, 3.63) is 109 Å². The third-order valence-corrected chi connectivity index (χ3v) is 5.33. The van der Waals surface area contributed by atoms with Gasteiger partial charge >= 0.3 is 0 Å². The molecule has 0 amide bonds. The summed E-state index contributed by atoms with van der Waals surface area (Å²) in [5.74, 6) is 0. The molecule has 0 saturated heterocycles. The molecule has 0 aliphatic rings. The van der Waals surface area contributed by atoms with Crippen LogP contribution in [0.2, 0.25) is 0 Å². The molecular formula is C25H24P2. The SMILES string of the molecule is C=C/C(=C\C=C(/C)c1ccc(-c2ccc(P)cc2)cc1)c1ccc(P)cc1. The van der Waals surface area contributed by atoms with E-state index in [-0.39, 0.29) is 0 Å². The lowest BCUT2D eigenvalue weighted by atomic mass is 10.00. The van der Waals surface area contributed by atoms with Crippen LogP contribution in [0, 0.1) is 0 Å². The van der Waals surface area contributed by atoms with E-state index in [2.05, 4.69) is 117 Å². The summed E-state index contributed by atoms with van der Waals surface area (Å²) in [5, 5.41) is 2.38. The minimum absolute atomic E-state index is 1.12. The maximum atomic E-state index is 3.96. The molecule has 2 atom stereocenters. The third kappa shape index (κ3) is 5.14. The second kappa shape index (κ2) is 9.09. The summed E-state index contributed by atoms with van der Waals surface area (Å²) in [6.45, 7) is 6.10. The highest BCUT2D eigenvalue weighted by atomic mass is 31.0. The molecule has 27 heavy (non-hydrogen) atoms. The van der Waals surface area contributed by atoms with Crippen LogP contribution in [0.5, 0.6) is 0 Å². The van der Waals surface area contributed by atoms with Crippen LogP contribution in [0.1, 0.15) is 18.1 Å². The van der Waals surface area contributed by atoms with Crippen LogP contribution in [-0.2, 0) is 0 Å². The highest BCUT2D eigenvalue weighted by Gasteiger charge is 2.00. The van der Waals surface area contributed by atoms with E-state index >= 15 is 0 Å². The molecular weight excluding hydrogens is 362 g/mol. The van der Waals surface area contributed by atoms with E-state index < -0.39 is 0 Å². The smallest absolute Gasteiger partial charge is 0.0184 e. The van der Waals surface area contributed by atoms with E-state index in [1.807, 2.05) is 6.08 Å². The van der Waals surface area contributed by atoms with Gasteiger partial charge in [-0.2, -0.15) is 0 Å². The molecule has 2 heteroatoms. The van der Waals surface area contributed by atoms with Gasteiger partial charge in [-0.25, -0.2) is 0 Å². The van der Waals surface area contributed by atoms with Crippen molar-refractivity contribution in [1.29, 1.82) is 0 Å². The van der Waals surface area contributed by atoms with E-state index in [9.17, 15) is 0 Å². The maximum absolute atomic E-state index is 3.96. The average molecular weight is 386 g/mol. The first kappa shape index (κ1) is 19.5. The molecule has 0 aliphatic heterocycles. The molecule has 134 valence electrons. The Morgan fingerprint density at radius 1 is 0.667 bits per heavy atom. The van der Waals surface area contributed by atoms with Crippen molar-refractivity contribution in [2.75, 3.05) is 0 Å². The molecule has 0 aromatic heterocycles. The van der Waals surface area contributed by atoms with E-state index in [1.54, 1.807) is 0 Å². The quantitative estimate of drug-likeness (QED) is 0.371. The van der Waals surface area contributed by atoms with Gasteiger partial charge in [0.2, 0.25) is 0 Å². The summed E-state index contributed by atoms with van der Waals surface area (Å²) < 4.78 is 0. The predicted octanol–water partition coefficient (Wildman–Crippen LogP) is 6.03. The average Bonchev–Trinajstić information content (AvgIpc) is 2.70. The van der Waals surface area contributed by atoms with E-state index in [0.717, 1.165) is 5.57 Å². The Labute approximate surface area is 167 Å². The van der Waals surface area contributed by atoms with Gasteiger partial charge < -0.3 is 0 Å². The summed E-state index contributed by atoms with van der Waals surface area (Å²) in [5.41, 5.74) is 7.21. The summed E-state index contributed by atoms with van der Waals surface area (Å²) in [7, 11) is 5.43. The van der Waals surface area contributed by atoms with Crippen LogP contribution in [-0.4, -0.2) is 0 Å². The molecule has 3 aromatic carbocycles. The maximum Gasteiger partial charge on any atom is -0.0184 e. The number of hydrogen-bond donors (Lipinski definition) is 0. The lowest BCUT2D eigenvalue weighted by Crippen LogP contribution is -1.89. The van der Waals surface area contributed by atoms with Gasteiger partial charge in [0.25, 0.3) is 0 Å². The molecule has 0 radical (unpaired) electrons. The molecule has 0 heterocycles. The molecule has 0 fully saturated rings. The highest BCUT2D eigenvalue weighted by molar-refractivity contribution is 7.27. The predicted molar refractivity (Wildman–Crippen MR) is 129 cm³/mol. The molecule has 3 aromatic rings. The number of allylic oxidation sites excluding steroid dienone is 5. The second-order valence-electron chi connectivity index (χ2n) is 6.50. The monoisotopic (exact) mass is 386 g/mol. The van der Waals surface area contributed by atoms with Crippen molar-refractivity contribution in [3.8, 4) is 11.1 Å². The zero-order chi connectivity index (χ0) is 19.2. The lowest BCUT2D eigenvalue weighted by Gasteiger charge is -2.06. The fourth-order valence-corrected chi connectivity index (χ4v) is 3.25. The normalized spacial score (nSPS) is 12.1. The van der Waals surface area contributed by atoms with Crippen LogP contribution >= 0.6 is 18.5 Å². The van der Waals surface area contributed by atoms with Gasteiger partial charge in [-0.15, -0.1) is 18.5 Å². The Kier molecular flexibility index (Phi) is 6.57. The second-order valence-corrected chi connectivity index (χ2v) is 7.83. The van der Waals surface area contributed by atoms with Gasteiger partial charge in [0.05, 0.1) is 0 Å². The first-order valence-corrected chi connectivity index (χ1v) is 10.1. The Hall–Kier alpha value is -2.26. The van der Waals surface area contributed by atoms with Gasteiger partial charge in [-0.3, -0.25) is 0 Å². The van der Waals surface area contributed by atoms with E-state index in [0.29, 0.717) is 0 Å². The van der Waals surface area contributed by atoms with Crippen LogP contribution in [0.15, 0.2) is 97.6 Å². The Morgan fingerprint density at radius 2 is 1.11 bits per heavy atom. The fourth-order valence-electron chi connectivity index (χ4n) is 2.87. The van der Waals surface area contributed by atoms with Crippen molar-refractivity contribution in [3.63, 3.8) is 0 Å². The molecule has 2 unspecified atom stereocenters. The summed E-state index contributed by atoms with van der Waals surface area (Å²) in [6, 6.07) is 25.7. The number of rotatable bonds is 5. The Balaban J connectivity index is 1.81. The lowest BCUT2D eigenvalue weighted by molar-refractivity contribution is 1.55. The highest BCUT2D eigenvalue weighted by Crippen LogP contribution is 2.23. The van der Waals surface area contributed by atoms with Crippen LogP contribution in [0.3, 0.4) is 0 Å². The Bertz CT molecular complexity index is 974. The summed E-state index contributed by atoms with van der Waals surface area (Å²) in [4.78, 5) is 0. The minimum atomic E-state index is 1.12. The molecule has 0 aliphatic carbocycles. The van der Waals surface area contributed by atoms with Crippen molar-refractivity contribution >= 4 is 40.2 Å². The standard InChI is InChI=1S/C25H24P2/c1-3-19(21-10-14-24(26)15-11-21)5-4-18(2)20-6-8-22(9-7-20)23-12-16-25(27)17-13-23/h3-17H,1,26-27H2,2H3/b18-4+,19-5+. The van der Waals surface area contributed by atoms with E-state index in [4.69, 9.17) is 0 Å². The first-order valence-electron chi connectivity index (χ1n) is 8.90. The topological polar surface area (TPSA) is 0 Å². The minimum Gasteiger partial charge on any atom is -0.106 e. The molecule has 0 bridgehead atoms. The molecule has 0 N–H and O–H groups in total. The van der Waals surface area contributed by atoms with Gasteiger partial charge in [0.1, 0.15) is 0 Å². The van der Waals surface area contributed by atoms with Gasteiger partial charge in [0, 0.05) is 0 Å². The van der Waals surface area contributed by atoms with Crippen molar-refractivity contribution in [2.45, 2.75) is 6.92 Å². The van der Waals surface area contributed by atoms with Crippen LogP contribution < -0.4 is 10.6 Å². The third-order valence-electron chi connectivity index (χ3n) is 4.56. The zero-order valence-corrected chi connectivity index (χ0v) is 17.8. The van der Waals surface area contributed by atoms with Crippen LogP contribution in [0.25, 0.3) is 22.3 Å². The number of hydrogen-bond acceptors (Lipinski definition) is 0. The largest absolute Gasteiger partial charge is 0.106 e. The van der Waals surface area contributed by atoms with Gasteiger partial charge in [0.15, 0.2) is 0 Å². The Morgan fingerprint density at radius 3 is 1.63 bits per heavy atom. The van der Waals surface area contributed by atoms with Crippen LogP contribution in [0.4, 0.5) is 0 Å². The van der Waals surface area contributed by atoms with Crippen molar-refractivity contribution in [1.82, 2.24) is 0 Å². The van der Waals surface area contributed by atoms with Gasteiger partial charge in [-0.05, 0) is 50.9 Å². The summed E-state index contributed by atoms with van der Waals surface area (Å²) in [6.07, 6.45) is 6.19.